The minimum atomic E-state index is -3.57. The molecule has 7 heteroatoms. The van der Waals surface area contributed by atoms with Crippen LogP contribution in [0.3, 0.4) is 0 Å². The van der Waals surface area contributed by atoms with Crippen molar-refractivity contribution in [3.63, 3.8) is 0 Å². The summed E-state index contributed by atoms with van der Waals surface area (Å²) in [5.41, 5.74) is 0.191. The van der Waals surface area contributed by atoms with Crippen molar-refractivity contribution in [2.24, 2.45) is 5.41 Å². The SMILES string of the molecule is CC(C)(C)CCCNS(=O)(=O)c1cnc(Cl)c(Cl)c1. The zero-order chi connectivity index (χ0) is 14.7. The average Bonchev–Trinajstić information content (AvgIpc) is 2.27. The third kappa shape index (κ3) is 5.65. The smallest absolute Gasteiger partial charge is 0.242 e. The fourth-order valence-electron chi connectivity index (χ4n) is 1.46. The highest BCUT2D eigenvalue weighted by Crippen LogP contribution is 2.22. The van der Waals surface area contributed by atoms with Crippen LogP contribution in [0.2, 0.25) is 10.2 Å². The lowest BCUT2D eigenvalue weighted by molar-refractivity contribution is 0.365. The fraction of sp³-hybridized carbons (Fsp3) is 0.583. The number of nitrogens with one attached hydrogen (secondary N) is 1. The maximum absolute atomic E-state index is 12.0. The number of halogens is 2. The van der Waals surface area contributed by atoms with Crippen LogP contribution in [0.4, 0.5) is 0 Å². The van der Waals surface area contributed by atoms with Gasteiger partial charge in [0, 0.05) is 12.7 Å². The first-order chi connectivity index (χ1) is 8.62. The molecule has 0 unspecified atom stereocenters. The highest BCUT2D eigenvalue weighted by molar-refractivity contribution is 7.89. The van der Waals surface area contributed by atoms with Crippen molar-refractivity contribution in [1.82, 2.24) is 9.71 Å². The maximum atomic E-state index is 12.0. The molecule has 0 atom stereocenters. The van der Waals surface area contributed by atoms with Gasteiger partial charge < -0.3 is 0 Å². The van der Waals surface area contributed by atoms with Crippen LogP contribution in [-0.4, -0.2) is 19.9 Å². The van der Waals surface area contributed by atoms with Gasteiger partial charge in [-0.15, -0.1) is 0 Å². The van der Waals surface area contributed by atoms with Gasteiger partial charge in [-0.05, 0) is 24.3 Å². The Bertz CT molecular complexity index is 539. The molecule has 0 aliphatic heterocycles. The lowest BCUT2D eigenvalue weighted by Crippen LogP contribution is -2.25. The molecular formula is C12H18Cl2N2O2S. The van der Waals surface area contributed by atoms with Crippen LogP contribution in [0.25, 0.3) is 0 Å². The van der Waals surface area contributed by atoms with Crippen molar-refractivity contribution in [3.05, 3.63) is 22.4 Å². The number of rotatable bonds is 5. The van der Waals surface area contributed by atoms with E-state index in [9.17, 15) is 8.42 Å². The van der Waals surface area contributed by atoms with E-state index >= 15 is 0 Å². The van der Waals surface area contributed by atoms with Crippen molar-refractivity contribution >= 4 is 33.2 Å². The van der Waals surface area contributed by atoms with Crippen LogP contribution in [0.15, 0.2) is 17.2 Å². The lowest BCUT2D eigenvalue weighted by Gasteiger charge is -2.17. The molecule has 0 aromatic carbocycles. The average molecular weight is 325 g/mol. The van der Waals surface area contributed by atoms with E-state index in [-0.39, 0.29) is 20.5 Å². The summed E-state index contributed by atoms with van der Waals surface area (Å²) in [6, 6.07) is 1.29. The minimum Gasteiger partial charge on any atom is -0.242 e. The summed E-state index contributed by atoms with van der Waals surface area (Å²) in [4.78, 5) is 3.75. The molecule has 0 fully saturated rings. The predicted octanol–water partition coefficient (Wildman–Crippen LogP) is 3.49. The molecule has 1 rings (SSSR count). The van der Waals surface area contributed by atoms with Gasteiger partial charge in [0.25, 0.3) is 0 Å². The number of sulfonamides is 1. The Morgan fingerprint density at radius 3 is 2.47 bits per heavy atom. The molecule has 0 aliphatic carbocycles. The first-order valence-electron chi connectivity index (χ1n) is 5.92. The lowest BCUT2D eigenvalue weighted by atomic mass is 9.91. The first-order valence-corrected chi connectivity index (χ1v) is 8.16. The maximum Gasteiger partial charge on any atom is 0.242 e. The summed E-state index contributed by atoms with van der Waals surface area (Å²) in [7, 11) is -3.57. The first kappa shape index (κ1) is 16.7. The number of pyridine rings is 1. The normalized spacial score (nSPS) is 12.7. The van der Waals surface area contributed by atoms with Gasteiger partial charge in [0.1, 0.15) is 10.0 Å². The van der Waals surface area contributed by atoms with Crippen LogP contribution >= 0.6 is 23.2 Å². The molecule has 0 radical (unpaired) electrons. The van der Waals surface area contributed by atoms with Gasteiger partial charge in [-0.3, -0.25) is 0 Å². The molecule has 1 aromatic heterocycles. The van der Waals surface area contributed by atoms with E-state index in [1.807, 2.05) is 0 Å². The summed E-state index contributed by atoms with van der Waals surface area (Å²) in [6.45, 7) is 6.74. The van der Waals surface area contributed by atoms with E-state index in [2.05, 4.69) is 30.5 Å². The minimum absolute atomic E-state index is 0.0256. The number of hydrogen-bond donors (Lipinski definition) is 1. The second kappa shape index (κ2) is 6.39. The molecule has 4 nitrogen and oxygen atoms in total. The van der Waals surface area contributed by atoms with Gasteiger partial charge in [-0.2, -0.15) is 0 Å². The Hall–Kier alpha value is -0.360. The van der Waals surface area contributed by atoms with Gasteiger partial charge >= 0.3 is 0 Å². The van der Waals surface area contributed by atoms with E-state index in [0.717, 1.165) is 12.8 Å². The Labute approximate surface area is 124 Å². The van der Waals surface area contributed by atoms with Crippen LogP contribution < -0.4 is 4.72 Å². The largest absolute Gasteiger partial charge is 0.242 e. The Morgan fingerprint density at radius 2 is 1.95 bits per heavy atom. The highest BCUT2D eigenvalue weighted by atomic mass is 35.5. The van der Waals surface area contributed by atoms with Gasteiger partial charge in [0.2, 0.25) is 10.0 Å². The van der Waals surface area contributed by atoms with Gasteiger partial charge in [-0.1, -0.05) is 44.0 Å². The molecule has 0 saturated heterocycles. The van der Waals surface area contributed by atoms with Crippen molar-refractivity contribution in [3.8, 4) is 0 Å². The van der Waals surface area contributed by atoms with Crippen LogP contribution in [0.1, 0.15) is 33.6 Å². The van der Waals surface area contributed by atoms with Crippen molar-refractivity contribution < 1.29 is 8.42 Å². The van der Waals surface area contributed by atoms with Gasteiger partial charge in [0.05, 0.1) is 5.02 Å². The third-order valence-corrected chi connectivity index (χ3v) is 4.59. The Morgan fingerprint density at radius 1 is 1.32 bits per heavy atom. The van der Waals surface area contributed by atoms with E-state index in [4.69, 9.17) is 23.2 Å². The zero-order valence-corrected chi connectivity index (χ0v) is 13.5. The summed E-state index contributed by atoms with van der Waals surface area (Å²) >= 11 is 11.4. The number of hydrogen-bond acceptors (Lipinski definition) is 3. The molecule has 1 N–H and O–H groups in total. The van der Waals surface area contributed by atoms with Gasteiger partial charge in [0.15, 0.2) is 0 Å². The third-order valence-electron chi connectivity index (χ3n) is 2.48. The summed E-state index contributed by atoms with van der Waals surface area (Å²) < 4.78 is 26.5. The fourth-order valence-corrected chi connectivity index (χ4v) is 2.84. The molecule has 19 heavy (non-hydrogen) atoms. The molecule has 0 saturated carbocycles. The number of nitrogens with zero attached hydrogens (tertiary/aromatic N) is 1. The molecule has 108 valence electrons. The Kier molecular flexibility index (Phi) is 5.62. The van der Waals surface area contributed by atoms with E-state index in [0.29, 0.717) is 6.54 Å². The molecule has 1 heterocycles. The second-order valence-electron chi connectivity index (χ2n) is 5.51. The van der Waals surface area contributed by atoms with Crippen molar-refractivity contribution in [1.29, 1.82) is 0 Å². The van der Waals surface area contributed by atoms with Crippen LogP contribution in [0, 0.1) is 5.41 Å². The second-order valence-corrected chi connectivity index (χ2v) is 8.04. The number of aromatic nitrogens is 1. The molecule has 0 amide bonds. The summed E-state index contributed by atoms with van der Waals surface area (Å²) in [5.74, 6) is 0. The van der Waals surface area contributed by atoms with Gasteiger partial charge in [-0.25, -0.2) is 18.1 Å². The van der Waals surface area contributed by atoms with Crippen molar-refractivity contribution in [2.75, 3.05) is 6.54 Å². The van der Waals surface area contributed by atoms with E-state index < -0.39 is 10.0 Å². The van der Waals surface area contributed by atoms with Crippen LogP contribution in [0.5, 0.6) is 0 Å². The van der Waals surface area contributed by atoms with Crippen molar-refractivity contribution in [2.45, 2.75) is 38.5 Å². The van der Waals surface area contributed by atoms with E-state index in [1.165, 1.54) is 12.3 Å². The standard InChI is InChI=1S/C12H18Cl2N2O2S/c1-12(2,3)5-4-6-16-19(17,18)9-7-10(13)11(14)15-8-9/h7-8,16H,4-6H2,1-3H3. The molecule has 0 spiro atoms. The molecule has 0 bridgehead atoms. The quantitative estimate of drug-likeness (QED) is 0.666. The predicted molar refractivity (Wildman–Crippen MR) is 78.1 cm³/mol. The molecule has 1 aromatic rings. The van der Waals surface area contributed by atoms with E-state index in [1.54, 1.807) is 0 Å². The topological polar surface area (TPSA) is 59.1 Å². The zero-order valence-electron chi connectivity index (χ0n) is 11.2. The monoisotopic (exact) mass is 324 g/mol. The van der Waals surface area contributed by atoms with Crippen LogP contribution in [-0.2, 0) is 10.0 Å². The summed E-state index contributed by atoms with van der Waals surface area (Å²) in [5, 5.41) is 0.215. The Balaban J connectivity index is 2.63. The molecular weight excluding hydrogens is 307 g/mol. The highest BCUT2D eigenvalue weighted by Gasteiger charge is 2.16. The summed E-state index contributed by atoms with van der Waals surface area (Å²) in [6.07, 6.45) is 2.91. The molecule has 0 aliphatic rings.